The first-order valence-corrected chi connectivity index (χ1v) is 6.83. The van der Waals surface area contributed by atoms with Crippen LogP contribution in [0, 0.1) is 17.8 Å². The molecular formula is C14H26O2. The summed E-state index contributed by atoms with van der Waals surface area (Å²) in [5.41, 5.74) is 0. The molecule has 1 unspecified atom stereocenters. The Morgan fingerprint density at radius 2 is 1.81 bits per heavy atom. The fourth-order valence-corrected chi connectivity index (χ4v) is 2.70. The van der Waals surface area contributed by atoms with E-state index in [2.05, 4.69) is 13.8 Å². The van der Waals surface area contributed by atoms with Crippen molar-refractivity contribution < 1.29 is 9.90 Å². The summed E-state index contributed by atoms with van der Waals surface area (Å²) in [5.74, 6) is 1.57. The van der Waals surface area contributed by atoms with Gasteiger partial charge in [-0.15, -0.1) is 0 Å². The Morgan fingerprint density at radius 3 is 2.31 bits per heavy atom. The zero-order valence-electron chi connectivity index (χ0n) is 10.7. The molecule has 1 saturated carbocycles. The molecule has 0 radical (unpaired) electrons. The van der Waals surface area contributed by atoms with Gasteiger partial charge < -0.3 is 5.11 Å². The maximum absolute atomic E-state index is 10.6. The van der Waals surface area contributed by atoms with Crippen molar-refractivity contribution in [1.29, 1.82) is 0 Å². The third-order valence-electron chi connectivity index (χ3n) is 4.19. The second-order valence-corrected chi connectivity index (χ2v) is 5.58. The molecule has 1 atom stereocenters. The Hall–Kier alpha value is -0.530. The molecule has 1 aliphatic carbocycles. The molecule has 0 saturated heterocycles. The van der Waals surface area contributed by atoms with Crippen molar-refractivity contribution in [2.75, 3.05) is 0 Å². The zero-order chi connectivity index (χ0) is 12.0. The van der Waals surface area contributed by atoms with E-state index in [4.69, 9.17) is 5.11 Å². The van der Waals surface area contributed by atoms with E-state index < -0.39 is 5.97 Å². The normalized spacial score (nSPS) is 27.6. The van der Waals surface area contributed by atoms with Crippen LogP contribution < -0.4 is 0 Å². The molecule has 1 aliphatic rings. The van der Waals surface area contributed by atoms with Crippen LogP contribution in [0.4, 0.5) is 0 Å². The second-order valence-electron chi connectivity index (χ2n) is 5.58. The van der Waals surface area contributed by atoms with Gasteiger partial charge in [0.15, 0.2) is 0 Å². The van der Waals surface area contributed by atoms with Crippen molar-refractivity contribution in [3.63, 3.8) is 0 Å². The molecule has 0 aromatic carbocycles. The summed E-state index contributed by atoms with van der Waals surface area (Å²) in [4.78, 5) is 10.6. The average molecular weight is 226 g/mol. The maximum atomic E-state index is 10.6. The van der Waals surface area contributed by atoms with Crippen LogP contribution in [-0.2, 0) is 4.79 Å². The van der Waals surface area contributed by atoms with Crippen molar-refractivity contribution in [1.82, 2.24) is 0 Å². The van der Waals surface area contributed by atoms with Crippen LogP contribution >= 0.6 is 0 Å². The number of carbonyl (C=O) groups is 1. The lowest BCUT2D eigenvalue weighted by molar-refractivity contribution is -0.138. The lowest BCUT2D eigenvalue weighted by Gasteiger charge is -2.28. The molecule has 0 spiro atoms. The van der Waals surface area contributed by atoms with E-state index >= 15 is 0 Å². The maximum Gasteiger partial charge on any atom is 0.303 e. The van der Waals surface area contributed by atoms with Crippen molar-refractivity contribution in [2.45, 2.75) is 65.2 Å². The van der Waals surface area contributed by atoms with E-state index in [1.807, 2.05) is 0 Å². The van der Waals surface area contributed by atoms with Crippen LogP contribution in [0.25, 0.3) is 0 Å². The van der Waals surface area contributed by atoms with Crippen LogP contribution in [-0.4, -0.2) is 11.1 Å². The fraction of sp³-hybridized carbons (Fsp3) is 0.929. The van der Waals surface area contributed by atoms with E-state index in [1.165, 1.54) is 32.1 Å². The molecule has 0 aromatic rings. The Morgan fingerprint density at radius 1 is 1.25 bits per heavy atom. The number of hydrogen-bond donors (Lipinski definition) is 1. The molecule has 1 rings (SSSR count). The molecule has 0 amide bonds. The smallest absolute Gasteiger partial charge is 0.303 e. The SMILES string of the molecule is CCC(C)CCC1CCC(CC(=O)O)CC1. The van der Waals surface area contributed by atoms with Crippen LogP contribution in [0.5, 0.6) is 0 Å². The van der Waals surface area contributed by atoms with E-state index in [0.717, 1.165) is 24.7 Å². The summed E-state index contributed by atoms with van der Waals surface area (Å²) >= 11 is 0. The second kappa shape index (κ2) is 6.93. The highest BCUT2D eigenvalue weighted by molar-refractivity contribution is 5.67. The highest BCUT2D eigenvalue weighted by Crippen LogP contribution is 2.34. The standard InChI is InChI=1S/C14H26O2/c1-3-11(2)4-5-12-6-8-13(9-7-12)10-14(15)16/h11-13H,3-10H2,1-2H3,(H,15,16). The highest BCUT2D eigenvalue weighted by atomic mass is 16.4. The number of carboxylic acid groups (broad SMARTS) is 1. The van der Waals surface area contributed by atoms with E-state index in [1.54, 1.807) is 0 Å². The van der Waals surface area contributed by atoms with Gasteiger partial charge in [0, 0.05) is 6.42 Å². The van der Waals surface area contributed by atoms with Crippen molar-refractivity contribution in [2.24, 2.45) is 17.8 Å². The van der Waals surface area contributed by atoms with Crippen molar-refractivity contribution in [3.05, 3.63) is 0 Å². The minimum Gasteiger partial charge on any atom is -0.481 e. The zero-order valence-corrected chi connectivity index (χ0v) is 10.7. The predicted molar refractivity (Wildman–Crippen MR) is 66.4 cm³/mol. The minimum atomic E-state index is -0.622. The highest BCUT2D eigenvalue weighted by Gasteiger charge is 2.22. The fourth-order valence-electron chi connectivity index (χ4n) is 2.70. The Bertz CT molecular complexity index is 205. The van der Waals surface area contributed by atoms with Crippen LogP contribution in [0.1, 0.15) is 65.2 Å². The number of carboxylic acids is 1. The van der Waals surface area contributed by atoms with Crippen molar-refractivity contribution in [3.8, 4) is 0 Å². The quantitative estimate of drug-likeness (QED) is 0.740. The molecule has 16 heavy (non-hydrogen) atoms. The Labute approximate surface area is 99.4 Å². The van der Waals surface area contributed by atoms with Gasteiger partial charge in [-0.1, -0.05) is 46.0 Å². The van der Waals surface area contributed by atoms with Crippen LogP contribution in [0.15, 0.2) is 0 Å². The first kappa shape index (κ1) is 13.5. The molecule has 1 fully saturated rings. The Kier molecular flexibility index (Phi) is 5.86. The molecule has 2 nitrogen and oxygen atoms in total. The Balaban J connectivity index is 2.14. The first-order chi connectivity index (χ1) is 7.61. The van der Waals surface area contributed by atoms with Gasteiger partial charge in [-0.3, -0.25) is 4.79 Å². The molecule has 0 aliphatic heterocycles. The van der Waals surface area contributed by atoms with Crippen LogP contribution in [0.2, 0.25) is 0 Å². The van der Waals surface area contributed by atoms with E-state index in [0.29, 0.717) is 12.3 Å². The van der Waals surface area contributed by atoms with Gasteiger partial charge in [0.2, 0.25) is 0 Å². The van der Waals surface area contributed by atoms with E-state index in [-0.39, 0.29) is 0 Å². The van der Waals surface area contributed by atoms with Gasteiger partial charge in [0.1, 0.15) is 0 Å². The molecule has 2 heteroatoms. The summed E-state index contributed by atoms with van der Waals surface area (Å²) in [6.45, 7) is 4.59. The third-order valence-corrected chi connectivity index (χ3v) is 4.19. The summed E-state index contributed by atoms with van der Waals surface area (Å²) in [5, 5.41) is 8.74. The number of hydrogen-bond acceptors (Lipinski definition) is 1. The first-order valence-electron chi connectivity index (χ1n) is 6.83. The number of rotatable bonds is 6. The number of aliphatic carboxylic acids is 1. The molecule has 94 valence electrons. The summed E-state index contributed by atoms with van der Waals surface area (Å²) in [7, 11) is 0. The van der Waals surface area contributed by atoms with Gasteiger partial charge in [-0.2, -0.15) is 0 Å². The molecule has 0 heterocycles. The molecular weight excluding hydrogens is 200 g/mol. The van der Waals surface area contributed by atoms with Gasteiger partial charge in [0.05, 0.1) is 0 Å². The average Bonchev–Trinajstić information content (AvgIpc) is 2.27. The molecule has 1 N–H and O–H groups in total. The lowest BCUT2D eigenvalue weighted by Crippen LogP contribution is -2.17. The predicted octanol–water partition coefficient (Wildman–Crippen LogP) is 4.09. The molecule has 0 aromatic heterocycles. The van der Waals surface area contributed by atoms with Gasteiger partial charge in [0.25, 0.3) is 0 Å². The van der Waals surface area contributed by atoms with Gasteiger partial charge in [-0.25, -0.2) is 0 Å². The van der Waals surface area contributed by atoms with Gasteiger partial charge >= 0.3 is 5.97 Å². The largest absolute Gasteiger partial charge is 0.481 e. The van der Waals surface area contributed by atoms with Gasteiger partial charge in [-0.05, 0) is 30.6 Å². The third kappa shape index (κ3) is 5.00. The molecule has 0 bridgehead atoms. The van der Waals surface area contributed by atoms with E-state index in [9.17, 15) is 4.79 Å². The van der Waals surface area contributed by atoms with Crippen molar-refractivity contribution >= 4 is 5.97 Å². The summed E-state index contributed by atoms with van der Waals surface area (Å²) < 4.78 is 0. The topological polar surface area (TPSA) is 37.3 Å². The van der Waals surface area contributed by atoms with Crippen LogP contribution in [0.3, 0.4) is 0 Å². The summed E-state index contributed by atoms with van der Waals surface area (Å²) in [6, 6.07) is 0. The minimum absolute atomic E-state index is 0.387. The lowest BCUT2D eigenvalue weighted by atomic mass is 9.78. The monoisotopic (exact) mass is 226 g/mol. The summed E-state index contributed by atoms with van der Waals surface area (Å²) in [6.07, 6.45) is 9.17.